The summed E-state index contributed by atoms with van der Waals surface area (Å²) < 4.78 is 1.49. The van der Waals surface area contributed by atoms with E-state index < -0.39 is 0 Å². The molecule has 0 saturated heterocycles. The van der Waals surface area contributed by atoms with Gasteiger partial charge in [-0.25, -0.2) is 9.50 Å². The molecule has 2 heterocycles. The molecule has 5 heteroatoms. The first-order chi connectivity index (χ1) is 12.1. The number of aliphatic hydroxyl groups is 1. The molecule has 2 aromatic heterocycles. The smallest absolute Gasteiger partial charge is 0.276 e. The van der Waals surface area contributed by atoms with Crippen molar-refractivity contribution in [1.29, 1.82) is 0 Å². The van der Waals surface area contributed by atoms with E-state index in [-0.39, 0.29) is 12.2 Å². The first-order valence-corrected chi connectivity index (χ1v) is 8.31. The van der Waals surface area contributed by atoms with Crippen LogP contribution in [0.2, 0.25) is 0 Å². The number of benzene rings is 2. The maximum Gasteiger partial charge on any atom is 0.276 e. The van der Waals surface area contributed by atoms with Gasteiger partial charge in [0.15, 0.2) is 5.65 Å². The minimum absolute atomic E-state index is 0.0697. The molecule has 0 saturated carbocycles. The van der Waals surface area contributed by atoms with E-state index in [0.717, 1.165) is 27.6 Å². The molecule has 0 amide bonds. The monoisotopic (exact) mass is 333 g/mol. The summed E-state index contributed by atoms with van der Waals surface area (Å²) in [4.78, 5) is 17.5. The van der Waals surface area contributed by atoms with Gasteiger partial charge in [0.1, 0.15) is 0 Å². The number of nitrogens with one attached hydrogen (secondary N) is 1. The van der Waals surface area contributed by atoms with Gasteiger partial charge in [-0.3, -0.25) is 9.89 Å². The fourth-order valence-corrected chi connectivity index (χ4v) is 3.49. The van der Waals surface area contributed by atoms with E-state index in [1.807, 2.05) is 32.0 Å². The summed E-state index contributed by atoms with van der Waals surface area (Å²) in [6.07, 6.45) is 0.308. The average molecular weight is 333 g/mol. The van der Waals surface area contributed by atoms with Crippen molar-refractivity contribution in [2.24, 2.45) is 0 Å². The van der Waals surface area contributed by atoms with Gasteiger partial charge in [-0.2, -0.15) is 0 Å². The number of aromatic nitrogens is 3. The molecule has 0 fully saturated rings. The van der Waals surface area contributed by atoms with E-state index in [9.17, 15) is 9.90 Å². The number of hydrogen-bond acceptors (Lipinski definition) is 3. The zero-order chi connectivity index (χ0) is 17.6. The third-order valence-corrected chi connectivity index (χ3v) is 4.68. The Morgan fingerprint density at radius 1 is 1.12 bits per heavy atom. The second-order valence-electron chi connectivity index (χ2n) is 6.25. The number of H-pyrrole nitrogens is 1. The Morgan fingerprint density at radius 2 is 1.88 bits per heavy atom. The lowest BCUT2D eigenvalue weighted by molar-refractivity contribution is 0.298. The lowest BCUT2D eigenvalue weighted by Gasteiger charge is -2.07. The number of hydrogen-bond donors (Lipinski definition) is 2. The van der Waals surface area contributed by atoms with E-state index in [2.05, 4.69) is 34.3 Å². The summed E-state index contributed by atoms with van der Waals surface area (Å²) in [5.74, 6) is 0. The zero-order valence-corrected chi connectivity index (χ0v) is 14.2. The van der Waals surface area contributed by atoms with E-state index in [1.165, 1.54) is 4.52 Å². The summed E-state index contributed by atoms with van der Waals surface area (Å²) in [6.45, 7) is 3.70. The van der Waals surface area contributed by atoms with E-state index in [1.54, 1.807) is 0 Å². The number of aromatic amines is 1. The molecule has 25 heavy (non-hydrogen) atoms. The minimum Gasteiger partial charge on any atom is -0.396 e. The Bertz CT molecular complexity index is 1150. The molecule has 0 unspecified atom stereocenters. The third kappa shape index (κ3) is 2.36. The van der Waals surface area contributed by atoms with Gasteiger partial charge >= 0.3 is 0 Å². The first kappa shape index (κ1) is 15.6. The summed E-state index contributed by atoms with van der Waals surface area (Å²) in [5.41, 5.74) is 4.57. The molecular formula is C20H19N3O2. The Balaban J connectivity index is 2.09. The quantitative estimate of drug-likeness (QED) is 0.605. The molecule has 4 aromatic rings. The van der Waals surface area contributed by atoms with Crippen LogP contribution in [0.5, 0.6) is 0 Å². The first-order valence-electron chi connectivity index (χ1n) is 8.31. The molecule has 4 rings (SSSR count). The molecule has 0 aliphatic rings. The van der Waals surface area contributed by atoms with Gasteiger partial charge in [-0.05, 0) is 30.2 Å². The van der Waals surface area contributed by atoms with Crippen molar-refractivity contribution in [2.45, 2.75) is 20.3 Å². The van der Waals surface area contributed by atoms with Crippen molar-refractivity contribution in [3.63, 3.8) is 0 Å². The SMILES string of the molecule is Cc1nc2c(-c3cccc4ccccc34)c(C)[nH]n2c(=O)c1CCO. The minimum atomic E-state index is -0.147. The molecule has 2 aromatic carbocycles. The molecule has 0 bridgehead atoms. The second kappa shape index (κ2) is 5.86. The van der Waals surface area contributed by atoms with Gasteiger partial charge in [0, 0.05) is 35.5 Å². The van der Waals surface area contributed by atoms with E-state index in [4.69, 9.17) is 0 Å². The molecule has 0 radical (unpaired) electrons. The Hall–Kier alpha value is -2.92. The Kier molecular flexibility index (Phi) is 3.66. The summed E-state index contributed by atoms with van der Waals surface area (Å²) in [7, 11) is 0. The van der Waals surface area contributed by atoms with Crippen molar-refractivity contribution in [2.75, 3.05) is 6.61 Å². The normalized spacial score (nSPS) is 11.5. The predicted octanol–water partition coefficient (Wildman–Crippen LogP) is 2.99. The lowest BCUT2D eigenvalue weighted by Crippen LogP contribution is -2.22. The standard InChI is InChI=1S/C20H19N3O2/c1-12-15(10-11-24)20(25)23-19(21-12)18(13(2)22-23)17-9-5-7-14-6-3-4-8-16(14)17/h3-9,22,24H,10-11H2,1-2H3. The van der Waals surface area contributed by atoms with Crippen LogP contribution < -0.4 is 5.56 Å². The highest BCUT2D eigenvalue weighted by Crippen LogP contribution is 2.33. The van der Waals surface area contributed by atoms with Gasteiger partial charge in [0.25, 0.3) is 5.56 Å². The van der Waals surface area contributed by atoms with Crippen molar-refractivity contribution < 1.29 is 5.11 Å². The third-order valence-electron chi connectivity index (χ3n) is 4.68. The number of nitrogens with zero attached hydrogens (tertiary/aromatic N) is 2. The molecular weight excluding hydrogens is 314 g/mol. The molecule has 0 atom stereocenters. The molecule has 2 N–H and O–H groups in total. The van der Waals surface area contributed by atoms with Crippen LogP contribution >= 0.6 is 0 Å². The van der Waals surface area contributed by atoms with Crippen molar-refractivity contribution >= 4 is 16.4 Å². The topological polar surface area (TPSA) is 70.4 Å². The van der Waals surface area contributed by atoms with Crippen molar-refractivity contribution in [3.8, 4) is 11.1 Å². The largest absolute Gasteiger partial charge is 0.396 e. The van der Waals surface area contributed by atoms with E-state index in [0.29, 0.717) is 23.3 Å². The van der Waals surface area contributed by atoms with Crippen LogP contribution in [0.1, 0.15) is 17.0 Å². The van der Waals surface area contributed by atoms with Crippen molar-refractivity contribution in [3.05, 3.63) is 69.8 Å². The van der Waals surface area contributed by atoms with Gasteiger partial charge in [-0.1, -0.05) is 42.5 Å². The average Bonchev–Trinajstić information content (AvgIpc) is 2.94. The molecule has 0 spiro atoms. The molecule has 126 valence electrons. The van der Waals surface area contributed by atoms with Crippen LogP contribution in [0.25, 0.3) is 27.5 Å². The van der Waals surface area contributed by atoms with Gasteiger partial charge in [0.2, 0.25) is 0 Å². The maximum atomic E-state index is 12.8. The highest BCUT2D eigenvalue weighted by Gasteiger charge is 2.18. The predicted molar refractivity (Wildman–Crippen MR) is 99.0 cm³/mol. The van der Waals surface area contributed by atoms with E-state index >= 15 is 0 Å². The van der Waals surface area contributed by atoms with Gasteiger partial charge < -0.3 is 5.11 Å². The van der Waals surface area contributed by atoms with Gasteiger partial charge in [-0.15, -0.1) is 0 Å². The number of aliphatic hydroxyl groups excluding tert-OH is 1. The summed E-state index contributed by atoms with van der Waals surface area (Å²) in [6, 6.07) is 14.3. The highest BCUT2D eigenvalue weighted by atomic mass is 16.3. The van der Waals surface area contributed by atoms with Crippen LogP contribution in [-0.4, -0.2) is 26.3 Å². The van der Waals surface area contributed by atoms with Gasteiger partial charge in [0.05, 0.1) is 0 Å². The fraction of sp³-hybridized carbons (Fsp3) is 0.200. The Morgan fingerprint density at radius 3 is 2.68 bits per heavy atom. The maximum absolute atomic E-state index is 12.8. The Labute approximate surface area is 144 Å². The second-order valence-corrected chi connectivity index (χ2v) is 6.25. The molecule has 5 nitrogen and oxygen atoms in total. The van der Waals surface area contributed by atoms with Crippen LogP contribution in [0.15, 0.2) is 47.3 Å². The molecule has 0 aliphatic heterocycles. The highest BCUT2D eigenvalue weighted by molar-refractivity contribution is 6.00. The summed E-state index contributed by atoms with van der Waals surface area (Å²) in [5, 5.41) is 14.6. The zero-order valence-electron chi connectivity index (χ0n) is 14.2. The number of aryl methyl sites for hydroxylation is 2. The lowest BCUT2D eigenvalue weighted by atomic mass is 9.98. The fourth-order valence-electron chi connectivity index (χ4n) is 3.49. The van der Waals surface area contributed by atoms with Crippen LogP contribution in [0, 0.1) is 13.8 Å². The summed E-state index contributed by atoms with van der Waals surface area (Å²) >= 11 is 0. The molecule has 0 aliphatic carbocycles. The van der Waals surface area contributed by atoms with Crippen LogP contribution in [0.3, 0.4) is 0 Å². The van der Waals surface area contributed by atoms with Crippen molar-refractivity contribution in [1.82, 2.24) is 14.6 Å². The van der Waals surface area contributed by atoms with Crippen LogP contribution in [-0.2, 0) is 6.42 Å². The number of rotatable bonds is 3. The number of fused-ring (bicyclic) bond motifs is 2. The van der Waals surface area contributed by atoms with Crippen LogP contribution in [0.4, 0.5) is 0 Å².